The molecule has 4 rings (SSSR count). The molecule has 0 saturated carbocycles. The minimum atomic E-state index is -4.00. The summed E-state index contributed by atoms with van der Waals surface area (Å²) in [4.78, 5) is 12.5. The molecule has 0 radical (unpaired) electrons. The molecule has 10 heteroatoms. The number of nitrogens with one attached hydrogen (secondary N) is 1. The van der Waals surface area contributed by atoms with Crippen molar-refractivity contribution in [2.45, 2.75) is 17.9 Å². The lowest BCUT2D eigenvalue weighted by atomic mass is 10.0. The normalized spacial score (nSPS) is 14.1. The van der Waals surface area contributed by atoms with E-state index in [-0.39, 0.29) is 38.7 Å². The van der Waals surface area contributed by atoms with Crippen molar-refractivity contribution >= 4 is 49.1 Å². The van der Waals surface area contributed by atoms with Gasteiger partial charge >= 0.3 is 0 Å². The second-order valence-corrected chi connectivity index (χ2v) is 10.4. The number of anilines is 1. The largest absolute Gasteiger partial charge is 0.319 e. The van der Waals surface area contributed by atoms with Gasteiger partial charge in [0, 0.05) is 29.2 Å². The van der Waals surface area contributed by atoms with Crippen LogP contribution in [-0.4, -0.2) is 25.2 Å². The Balaban J connectivity index is 1.64. The molecule has 3 aromatic rings. The Morgan fingerprint density at radius 1 is 1.06 bits per heavy atom. The Hall–Kier alpha value is -2.33. The zero-order valence-electron chi connectivity index (χ0n) is 16.4. The number of sulfonamides is 1. The van der Waals surface area contributed by atoms with E-state index in [2.05, 4.69) is 21.2 Å². The Morgan fingerprint density at radius 2 is 1.78 bits per heavy atom. The molecule has 0 saturated heterocycles. The number of halogens is 4. The third-order valence-electron chi connectivity index (χ3n) is 5.15. The van der Waals surface area contributed by atoms with Crippen molar-refractivity contribution in [3.63, 3.8) is 0 Å². The molecule has 3 aromatic carbocycles. The maximum absolute atomic E-state index is 14.1. The number of carbonyl (C=O) groups excluding carboxylic acids is 1. The van der Waals surface area contributed by atoms with E-state index >= 15 is 0 Å². The van der Waals surface area contributed by atoms with Crippen molar-refractivity contribution in [2.75, 3.05) is 11.9 Å². The summed E-state index contributed by atoms with van der Waals surface area (Å²) in [6.45, 7) is 0.471. The van der Waals surface area contributed by atoms with E-state index in [0.29, 0.717) is 12.5 Å². The Morgan fingerprint density at radius 3 is 2.50 bits per heavy atom. The topological polar surface area (TPSA) is 66.5 Å². The fraction of sp³-hybridized carbons (Fsp3) is 0.136. The summed E-state index contributed by atoms with van der Waals surface area (Å²) in [5.74, 6) is -2.55. The van der Waals surface area contributed by atoms with E-state index in [0.717, 1.165) is 23.3 Å². The Bertz CT molecular complexity index is 1310. The molecule has 0 atom stereocenters. The summed E-state index contributed by atoms with van der Waals surface area (Å²) in [5, 5.41) is 2.30. The summed E-state index contributed by atoms with van der Waals surface area (Å²) in [7, 11) is -4.00. The maximum Gasteiger partial charge on any atom is 0.255 e. The van der Waals surface area contributed by atoms with E-state index in [1.807, 2.05) is 24.3 Å². The molecule has 32 heavy (non-hydrogen) atoms. The first-order chi connectivity index (χ1) is 15.2. The molecule has 0 bridgehead atoms. The monoisotopic (exact) mass is 540 g/mol. The third-order valence-corrected chi connectivity index (χ3v) is 8.10. The van der Waals surface area contributed by atoms with Gasteiger partial charge in [0.2, 0.25) is 10.0 Å². The quantitative estimate of drug-likeness (QED) is 0.482. The van der Waals surface area contributed by atoms with Crippen LogP contribution in [0.15, 0.2) is 64.0 Å². The van der Waals surface area contributed by atoms with Gasteiger partial charge in [0.15, 0.2) is 5.82 Å². The highest BCUT2D eigenvalue weighted by Crippen LogP contribution is 2.31. The highest BCUT2D eigenvalue weighted by molar-refractivity contribution is 9.10. The zero-order valence-corrected chi connectivity index (χ0v) is 19.6. The van der Waals surface area contributed by atoms with Gasteiger partial charge < -0.3 is 5.32 Å². The number of rotatable bonds is 4. The first-order valence-corrected chi connectivity index (χ1v) is 12.1. The standard InChI is InChI=1S/C22H16BrClF2N2O3S/c23-17-10-16(25)11-19(26)21(17)27-22(29)14-5-6-18(24)20(9-14)32(30,31)28-8-7-13-3-1-2-4-15(13)12-28/h1-6,9-11H,7-8,12H2,(H,27,29). The van der Waals surface area contributed by atoms with Crippen LogP contribution < -0.4 is 5.32 Å². The van der Waals surface area contributed by atoms with E-state index in [9.17, 15) is 22.0 Å². The van der Waals surface area contributed by atoms with Crippen LogP contribution >= 0.6 is 27.5 Å². The van der Waals surface area contributed by atoms with Crippen LogP contribution in [-0.2, 0) is 23.0 Å². The lowest BCUT2D eigenvalue weighted by molar-refractivity contribution is 0.102. The third kappa shape index (κ3) is 4.43. The SMILES string of the molecule is O=C(Nc1c(F)cc(F)cc1Br)c1ccc(Cl)c(S(=O)(=O)N2CCc3ccccc3C2)c1. The minimum absolute atomic E-state index is 0.0112. The van der Waals surface area contributed by atoms with Crippen LogP contribution in [0.2, 0.25) is 5.02 Å². The van der Waals surface area contributed by atoms with Gasteiger partial charge in [-0.2, -0.15) is 4.31 Å². The predicted molar refractivity (Wildman–Crippen MR) is 121 cm³/mol. The number of nitrogens with zero attached hydrogens (tertiary/aromatic N) is 1. The van der Waals surface area contributed by atoms with Crippen molar-refractivity contribution < 1.29 is 22.0 Å². The maximum atomic E-state index is 14.1. The second-order valence-electron chi connectivity index (χ2n) is 7.20. The van der Waals surface area contributed by atoms with Gasteiger partial charge in [0.1, 0.15) is 10.7 Å². The van der Waals surface area contributed by atoms with Gasteiger partial charge in [-0.1, -0.05) is 35.9 Å². The van der Waals surface area contributed by atoms with Gasteiger partial charge in [-0.05, 0) is 57.7 Å². The van der Waals surface area contributed by atoms with Crippen molar-refractivity contribution in [3.05, 3.63) is 92.4 Å². The van der Waals surface area contributed by atoms with E-state index in [4.69, 9.17) is 11.6 Å². The molecule has 0 aromatic heterocycles. The lowest BCUT2D eigenvalue weighted by Crippen LogP contribution is -2.36. The summed E-state index contributed by atoms with van der Waals surface area (Å²) >= 11 is 9.19. The van der Waals surface area contributed by atoms with Gasteiger partial charge in [0.05, 0.1) is 10.7 Å². The molecule has 166 valence electrons. The fourth-order valence-electron chi connectivity index (χ4n) is 3.50. The number of hydrogen-bond donors (Lipinski definition) is 1. The van der Waals surface area contributed by atoms with Crippen LogP contribution in [0.3, 0.4) is 0 Å². The van der Waals surface area contributed by atoms with E-state index < -0.39 is 27.6 Å². The average molecular weight is 542 g/mol. The molecule has 1 N–H and O–H groups in total. The molecule has 1 amide bonds. The zero-order chi connectivity index (χ0) is 23.0. The van der Waals surface area contributed by atoms with Crippen LogP contribution in [0, 0.1) is 11.6 Å². The number of carbonyl (C=O) groups is 1. The van der Waals surface area contributed by atoms with Gasteiger partial charge in [-0.3, -0.25) is 4.79 Å². The van der Waals surface area contributed by atoms with Gasteiger partial charge in [-0.25, -0.2) is 17.2 Å². The molecule has 0 spiro atoms. The summed E-state index contributed by atoms with van der Waals surface area (Å²) in [6, 6.07) is 13.0. The lowest BCUT2D eigenvalue weighted by Gasteiger charge is -2.28. The fourth-order valence-corrected chi connectivity index (χ4v) is 5.93. The molecule has 0 fully saturated rings. The molecule has 0 aliphatic carbocycles. The number of amides is 1. The smallest absolute Gasteiger partial charge is 0.255 e. The predicted octanol–water partition coefficient (Wildman–Crippen LogP) is 5.38. The first-order valence-electron chi connectivity index (χ1n) is 9.49. The van der Waals surface area contributed by atoms with Crippen LogP contribution in [0.4, 0.5) is 14.5 Å². The second kappa shape index (κ2) is 8.90. The molecule has 1 heterocycles. The van der Waals surface area contributed by atoms with Crippen molar-refractivity contribution in [3.8, 4) is 0 Å². The summed E-state index contributed by atoms with van der Waals surface area (Å²) in [5.41, 5.74) is 1.69. The molecule has 1 aliphatic rings. The molecular formula is C22H16BrClF2N2O3S. The van der Waals surface area contributed by atoms with Crippen LogP contribution in [0.5, 0.6) is 0 Å². The summed E-state index contributed by atoms with van der Waals surface area (Å²) < 4.78 is 55.3. The average Bonchev–Trinajstić information content (AvgIpc) is 2.75. The molecule has 5 nitrogen and oxygen atoms in total. The first kappa shape index (κ1) is 22.8. The Kier molecular flexibility index (Phi) is 6.35. The van der Waals surface area contributed by atoms with Crippen molar-refractivity contribution in [2.24, 2.45) is 0 Å². The van der Waals surface area contributed by atoms with Crippen LogP contribution in [0.25, 0.3) is 0 Å². The Labute approximate surface area is 197 Å². The van der Waals surface area contributed by atoms with Crippen molar-refractivity contribution in [1.82, 2.24) is 4.31 Å². The molecule has 0 unspecified atom stereocenters. The van der Waals surface area contributed by atoms with Crippen molar-refractivity contribution in [1.29, 1.82) is 0 Å². The highest BCUT2D eigenvalue weighted by atomic mass is 79.9. The minimum Gasteiger partial charge on any atom is -0.319 e. The van der Waals surface area contributed by atoms with Gasteiger partial charge in [-0.15, -0.1) is 0 Å². The highest BCUT2D eigenvalue weighted by Gasteiger charge is 2.30. The van der Waals surface area contributed by atoms with Crippen LogP contribution in [0.1, 0.15) is 21.5 Å². The number of hydrogen-bond acceptors (Lipinski definition) is 3. The summed E-state index contributed by atoms with van der Waals surface area (Å²) in [6.07, 6.45) is 0.561. The number of benzene rings is 3. The van der Waals surface area contributed by atoms with E-state index in [1.54, 1.807) is 0 Å². The van der Waals surface area contributed by atoms with Gasteiger partial charge in [0.25, 0.3) is 5.91 Å². The number of fused-ring (bicyclic) bond motifs is 1. The van der Waals surface area contributed by atoms with E-state index in [1.165, 1.54) is 16.4 Å². The molecular weight excluding hydrogens is 526 g/mol. The molecule has 1 aliphatic heterocycles.